The second-order valence-corrected chi connectivity index (χ2v) is 5.50. The fourth-order valence-corrected chi connectivity index (χ4v) is 1.57. The zero-order chi connectivity index (χ0) is 12.6. The van der Waals surface area contributed by atoms with Crippen molar-refractivity contribution in [1.82, 2.24) is 5.32 Å². The number of hydrogen-bond donors (Lipinski definition) is 3. The van der Waals surface area contributed by atoms with Crippen LogP contribution in [0.5, 0.6) is 0 Å². The Morgan fingerprint density at radius 2 is 1.94 bits per heavy atom. The molecule has 0 heterocycles. The molecule has 1 N–H and O–H groups in total. The summed E-state index contributed by atoms with van der Waals surface area (Å²) < 4.78 is 5.85. The minimum atomic E-state index is -0.366. The predicted octanol–water partition coefficient (Wildman–Crippen LogP) is -1.96. The molecule has 1 amide bonds. The Kier molecular flexibility index (Phi) is 12.4. The molecule has 0 bridgehead atoms. The van der Waals surface area contributed by atoms with Crippen LogP contribution in [0.1, 0.15) is 6.42 Å². The summed E-state index contributed by atoms with van der Waals surface area (Å²) in [5.41, 5.74) is 0. The van der Waals surface area contributed by atoms with E-state index in [1.165, 1.54) is 0 Å². The number of quaternary nitrogens is 1. The molecule has 0 aliphatic rings. The highest BCUT2D eigenvalue weighted by atomic mass is 127. The first-order chi connectivity index (χ1) is 7.39. The second-order valence-electron chi connectivity index (χ2n) is 4.69. The third-order valence-corrected chi connectivity index (χ3v) is 2.71. The molecule has 0 aromatic carbocycles. The summed E-state index contributed by atoms with van der Waals surface area (Å²) in [5, 5.41) is 2.76. The van der Waals surface area contributed by atoms with Gasteiger partial charge < -0.3 is 38.5 Å². The van der Waals surface area contributed by atoms with Gasteiger partial charge in [0, 0.05) is 11.8 Å². The van der Waals surface area contributed by atoms with Gasteiger partial charge in [0.2, 0.25) is 0 Å². The maximum absolute atomic E-state index is 11.4. The number of nitrogens with one attached hydrogen (secondary N) is 1. The first kappa shape index (κ1) is 20.0. The molecule has 0 radical (unpaired) electrons. The van der Waals surface area contributed by atoms with Gasteiger partial charge in [-0.2, -0.15) is 25.3 Å². The summed E-state index contributed by atoms with van der Waals surface area (Å²) >= 11 is 8.27. The highest BCUT2D eigenvalue weighted by Crippen LogP contribution is 1.98. The Balaban J connectivity index is 0. The van der Waals surface area contributed by atoms with E-state index in [0.717, 1.165) is 23.2 Å². The number of thiol groups is 2. The number of alkyl carbamates (subject to hydrolysis) is 1. The van der Waals surface area contributed by atoms with E-state index in [1.54, 1.807) is 0 Å². The average molecular weight is 394 g/mol. The smallest absolute Gasteiger partial charge is 0.407 e. The van der Waals surface area contributed by atoms with E-state index in [1.807, 2.05) is 0 Å². The van der Waals surface area contributed by atoms with Gasteiger partial charge in [-0.1, -0.05) is 0 Å². The number of rotatable bonds is 7. The van der Waals surface area contributed by atoms with E-state index in [-0.39, 0.29) is 36.1 Å². The zero-order valence-electron chi connectivity index (χ0n) is 10.6. The van der Waals surface area contributed by atoms with Crippen LogP contribution in [0.3, 0.4) is 0 Å². The average Bonchev–Trinajstić information content (AvgIpc) is 2.15. The third-order valence-electron chi connectivity index (χ3n) is 2.02. The van der Waals surface area contributed by atoms with Gasteiger partial charge in [0.25, 0.3) is 0 Å². The molecule has 0 saturated heterocycles. The van der Waals surface area contributed by atoms with E-state index in [0.29, 0.717) is 12.4 Å². The van der Waals surface area contributed by atoms with E-state index in [4.69, 9.17) is 4.74 Å². The fourth-order valence-electron chi connectivity index (χ4n) is 0.985. The van der Waals surface area contributed by atoms with Crippen molar-refractivity contribution in [3.05, 3.63) is 0 Å². The standard InChI is InChI=1S/C10H22N2O2S2.HI/c1-12(2,3)5-6-14-10(13)11-9(8-16)4-7-15;/h9H,4-8H2,1-3H3,(H2-,11,13,15,16);1H/t9-;/m0./s1. The second kappa shape index (κ2) is 10.6. The molecule has 0 aromatic heterocycles. The van der Waals surface area contributed by atoms with Gasteiger partial charge in [0.1, 0.15) is 13.2 Å². The number of hydrogen-bond acceptors (Lipinski definition) is 4. The molecule has 0 saturated carbocycles. The molecule has 1 atom stereocenters. The van der Waals surface area contributed by atoms with E-state index in [2.05, 4.69) is 51.7 Å². The molecular weight excluding hydrogens is 371 g/mol. The highest BCUT2D eigenvalue weighted by Gasteiger charge is 2.12. The molecule has 0 unspecified atom stereocenters. The summed E-state index contributed by atoms with van der Waals surface area (Å²) in [5.74, 6) is 1.33. The number of likely N-dealkylation sites (N-methyl/N-ethyl adjacent to an activating group) is 1. The van der Waals surface area contributed by atoms with Crippen LogP contribution in [0, 0.1) is 0 Å². The van der Waals surface area contributed by atoms with Crippen molar-refractivity contribution < 1.29 is 38.0 Å². The number of halogens is 1. The van der Waals surface area contributed by atoms with Gasteiger partial charge in [0.15, 0.2) is 0 Å². The van der Waals surface area contributed by atoms with Crippen LogP contribution >= 0.6 is 25.3 Å². The lowest BCUT2D eigenvalue weighted by Gasteiger charge is -2.23. The van der Waals surface area contributed by atoms with Gasteiger partial charge in [-0.3, -0.25) is 0 Å². The number of amides is 1. The van der Waals surface area contributed by atoms with Crippen LogP contribution in [-0.2, 0) is 4.74 Å². The van der Waals surface area contributed by atoms with Crippen LogP contribution in [0.2, 0.25) is 0 Å². The Bertz CT molecular complexity index is 213. The molecule has 0 aromatic rings. The van der Waals surface area contributed by atoms with Crippen molar-refractivity contribution in [2.45, 2.75) is 12.5 Å². The Labute approximate surface area is 132 Å². The summed E-state index contributed by atoms with van der Waals surface area (Å²) in [7, 11) is 6.16. The first-order valence-corrected chi connectivity index (χ1v) is 6.61. The maximum Gasteiger partial charge on any atom is 0.407 e. The monoisotopic (exact) mass is 394 g/mol. The normalized spacial score (nSPS) is 12.5. The van der Waals surface area contributed by atoms with Crippen LogP contribution in [0.4, 0.5) is 4.79 Å². The van der Waals surface area contributed by atoms with Crippen molar-refractivity contribution in [3.63, 3.8) is 0 Å². The van der Waals surface area contributed by atoms with Crippen molar-refractivity contribution >= 4 is 31.4 Å². The number of ether oxygens (including phenoxy) is 1. The molecule has 0 rings (SSSR count). The minimum Gasteiger partial charge on any atom is -1.00 e. The van der Waals surface area contributed by atoms with Crippen molar-refractivity contribution in [2.24, 2.45) is 0 Å². The highest BCUT2D eigenvalue weighted by molar-refractivity contribution is 7.80. The Hall–Kier alpha value is 0.660. The minimum absolute atomic E-state index is 0. The quantitative estimate of drug-likeness (QED) is 0.267. The summed E-state index contributed by atoms with van der Waals surface area (Å²) in [6.45, 7) is 1.22. The molecule has 7 heteroatoms. The van der Waals surface area contributed by atoms with Crippen LogP contribution < -0.4 is 29.3 Å². The topological polar surface area (TPSA) is 38.3 Å². The summed E-state index contributed by atoms with van der Waals surface area (Å²) in [4.78, 5) is 11.4. The number of carbonyl (C=O) groups is 1. The lowest BCUT2D eigenvalue weighted by atomic mass is 10.3. The van der Waals surface area contributed by atoms with Gasteiger partial charge in [-0.15, -0.1) is 0 Å². The maximum atomic E-state index is 11.4. The van der Waals surface area contributed by atoms with Crippen molar-refractivity contribution in [2.75, 3.05) is 45.8 Å². The van der Waals surface area contributed by atoms with Gasteiger partial charge in [-0.05, 0) is 12.2 Å². The number of carbonyl (C=O) groups excluding carboxylic acids is 1. The molecule has 0 aliphatic heterocycles. The largest absolute Gasteiger partial charge is 1.00 e. The Morgan fingerprint density at radius 1 is 1.35 bits per heavy atom. The lowest BCUT2D eigenvalue weighted by Crippen LogP contribution is -3.00. The number of nitrogens with zero attached hydrogens (tertiary/aromatic N) is 1. The molecule has 104 valence electrons. The van der Waals surface area contributed by atoms with Crippen molar-refractivity contribution in [1.29, 1.82) is 0 Å². The van der Waals surface area contributed by atoms with Crippen LogP contribution in [0.15, 0.2) is 0 Å². The summed E-state index contributed by atoms with van der Waals surface area (Å²) in [6.07, 6.45) is 0.436. The van der Waals surface area contributed by atoms with E-state index >= 15 is 0 Å². The van der Waals surface area contributed by atoms with Crippen LogP contribution in [0.25, 0.3) is 0 Å². The molecule has 0 aliphatic carbocycles. The van der Waals surface area contributed by atoms with Crippen molar-refractivity contribution in [3.8, 4) is 0 Å². The van der Waals surface area contributed by atoms with Crippen LogP contribution in [-0.4, -0.2) is 62.4 Å². The zero-order valence-corrected chi connectivity index (χ0v) is 14.6. The lowest BCUT2D eigenvalue weighted by molar-refractivity contribution is -0.870. The van der Waals surface area contributed by atoms with E-state index < -0.39 is 0 Å². The molecular formula is C10H23IN2O2S2. The SMILES string of the molecule is C[N+](C)(C)CCOC(=O)N[C@H](CS)CCS.[I-]. The molecule has 0 spiro atoms. The Morgan fingerprint density at radius 3 is 2.35 bits per heavy atom. The predicted molar refractivity (Wildman–Crippen MR) is 73.5 cm³/mol. The fraction of sp³-hybridized carbons (Fsp3) is 0.900. The third kappa shape index (κ3) is 12.9. The van der Waals surface area contributed by atoms with Gasteiger partial charge in [-0.25, -0.2) is 4.79 Å². The van der Waals surface area contributed by atoms with Gasteiger partial charge >= 0.3 is 6.09 Å². The molecule has 0 fully saturated rings. The summed E-state index contributed by atoms with van der Waals surface area (Å²) in [6, 6.07) is 0.0393. The van der Waals surface area contributed by atoms with Gasteiger partial charge in [0.05, 0.1) is 21.1 Å². The van der Waals surface area contributed by atoms with E-state index in [9.17, 15) is 4.79 Å². The molecule has 4 nitrogen and oxygen atoms in total. The molecule has 17 heavy (non-hydrogen) atoms. The first-order valence-electron chi connectivity index (χ1n) is 5.34.